The molecule has 1 aromatic rings. The van der Waals surface area contributed by atoms with Crippen molar-refractivity contribution < 1.29 is 9.47 Å². The predicted octanol–water partition coefficient (Wildman–Crippen LogP) is 3.75. The molecule has 1 atom stereocenters. The Bertz CT molecular complexity index is 471. The summed E-state index contributed by atoms with van der Waals surface area (Å²) in [5.41, 5.74) is 6.36. The number of halogens is 1. The van der Waals surface area contributed by atoms with Crippen molar-refractivity contribution in [1.82, 2.24) is 0 Å². The van der Waals surface area contributed by atoms with Crippen LogP contribution in [0, 0.1) is 0 Å². The van der Waals surface area contributed by atoms with E-state index in [1.54, 1.807) is 12.1 Å². The Balaban J connectivity index is 1.66. The fourth-order valence-corrected chi connectivity index (χ4v) is 4.36. The largest absolute Gasteiger partial charge is 0.490 e. The van der Waals surface area contributed by atoms with Crippen LogP contribution in [0.1, 0.15) is 25.7 Å². The maximum Gasteiger partial charge on any atom is 0.121 e. The molecule has 0 radical (unpaired) electrons. The number of benzene rings is 1. The molecule has 0 aliphatic carbocycles. The Morgan fingerprint density at radius 3 is 2.90 bits per heavy atom. The minimum absolute atomic E-state index is 0.0474. The van der Waals surface area contributed by atoms with Gasteiger partial charge in [0.15, 0.2) is 0 Å². The Labute approximate surface area is 129 Å². The van der Waals surface area contributed by atoms with Crippen LogP contribution < -0.4 is 10.5 Å². The highest BCUT2D eigenvalue weighted by Crippen LogP contribution is 2.39. The first-order chi connectivity index (χ1) is 9.67. The third kappa shape index (κ3) is 3.18. The normalized spacial score (nSPS) is 25.6. The second-order valence-corrected chi connectivity index (χ2v) is 7.19. The number of ether oxygens (including phenoxy) is 2. The first-order valence-corrected chi connectivity index (χ1v) is 8.64. The van der Waals surface area contributed by atoms with Crippen LogP contribution in [0.3, 0.4) is 0 Å². The minimum atomic E-state index is 0.0474. The number of rotatable bonds is 2. The van der Waals surface area contributed by atoms with Crippen LogP contribution in [0.25, 0.3) is 0 Å². The molecule has 1 spiro atoms. The molecule has 2 heterocycles. The zero-order chi connectivity index (χ0) is 14.0. The summed E-state index contributed by atoms with van der Waals surface area (Å²) in [6.45, 7) is 0.790. The molecule has 3 nitrogen and oxygen atoms in total. The first kappa shape index (κ1) is 14.4. The number of hydrogen-bond acceptors (Lipinski definition) is 4. The van der Waals surface area contributed by atoms with E-state index in [1.165, 1.54) is 11.5 Å². The molecule has 1 unspecified atom stereocenters. The highest BCUT2D eigenvalue weighted by Gasteiger charge is 2.39. The molecule has 3 rings (SSSR count). The van der Waals surface area contributed by atoms with Gasteiger partial charge in [0.05, 0.1) is 22.9 Å². The lowest BCUT2D eigenvalue weighted by atomic mass is 9.86. The molecule has 20 heavy (non-hydrogen) atoms. The molecule has 0 bridgehead atoms. The highest BCUT2D eigenvalue weighted by molar-refractivity contribution is 7.99. The molecule has 2 saturated heterocycles. The van der Waals surface area contributed by atoms with Crippen molar-refractivity contribution in [3.63, 3.8) is 0 Å². The number of nitrogen functional groups attached to an aromatic ring is 1. The molecule has 5 heteroatoms. The topological polar surface area (TPSA) is 44.5 Å². The van der Waals surface area contributed by atoms with E-state index in [1.807, 2.05) is 17.8 Å². The van der Waals surface area contributed by atoms with Crippen LogP contribution >= 0.6 is 23.4 Å². The van der Waals surface area contributed by atoms with Crippen molar-refractivity contribution in [2.24, 2.45) is 0 Å². The third-order valence-electron chi connectivity index (χ3n) is 4.13. The van der Waals surface area contributed by atoms with Gasteiger partial charge in [0.2, 0.25) is 0 Å². The van der Waals surface area contributed by atoms with E-state index in [0.717, 1.165) is 38.0 Å². The molecule has 2 aliphatic heterocycles. The fourth-order valence-electron chi connectivity index (χ4n) is 2.95. The van der Waals surface area contributed by atoms with Gasteiger partial charge in [-0.15, -0.1) is 0 Å². The van der Waals surface area contributed by atoms with Gasteiger partial charge in [0.1, 0.15) is 11.9 Å². The summed E-state index contributed by atoms with van der Waals surface area (Å²) < 4.78 is 12.2. The standard InChI is InChI=1S/C15H20ClNO2S/c16-13-9-11(1-2-14(13)17)19-12-3-6-18-15(10-12)4-7-20-8-5-15/h1-2,9,12H,3-8,10,17H2. The Morgan fingerprint density at radius 1 is 1.35 bits per heavy atom. The second kappa shape index (κ2) is 6.04. The molecule has 0 saturated carbocycles. The smallest absolute Gasteiger partial charge is 0.121 e. The number of anilines is 1. The maximum absolute atomic E-state index is 6.09. The van der Waals surface area contributed by atoms with Crippen LogP contribution in [-0.4, -0.2) is 29.8 Å². The Morgan fingerprint density at radius 2 is 2.15 bits per heavy atom. The van der Waals surface area contributed by atoms with E-state index in [0.29, 0.717) is 10.7 Å². The molecule has 0 aromatic heterocycles. The van der Waals surface area contributed by atoms with E-state index in [9.17, 15) is 0 Å². The van der Waals surface area contributed by atoms with E-state index in [4.69, 9.17) is 26.8 Å². The van der Waals surface area contributed by atoms with Gasteiger partial charge < -0.3 is 15.2 Å². The first-order valence-electron chi connectivity index (χ1n) is 7.10. The van der Waals surface area contributed by atoms with Crippen molar-refractivity contribution in [3.05, 3.63) is 23.2 Å². The Kier molecular flexibility index (Phi) is 4.34. The van der Waals surface area contributed by atoms with Gasteiger partial charge in [0.25, 0.3) is 0 Å². The van der Waals surface area contributed by atoms with Gasteiger partial charge in [-0.2, -0.15) is 11.8 Å². The summed E-state index contributed by atoms with van der Waals surface area (Å²) in [5, 5.41) is 0.554. The van der Waals surface area contributed by atoms with Gasteiger partial charge in [-0.05, 0) is 36.5 Å². The van der Waals surface area contributed by atoms with Crippen LogP contribution in [0.15, 0.2) is 18.2 Å². The number of nitrogens with two attached hydrogens (primary N) is 1. The quantitative estimate of drug-likeness (QED) is 0.845. The zero-order valence-electron chi connectivity index (χ0n) is 11.4. The lowest BCUT2D eigenvalue weighted by molar-refractivity contribution is -0.116. The molecule has 2 N–H and O–H groups in total. The van der Waals surface area contributed by atoms with E-state index >= 15 is 0 Å². The van der Waals surface area contributed by atoms with Gasteiger partial charge in [-0.1, -0.05) is 11.6 Å². The van der Waals surface area contributed by atoms with Crippen LogP contribution in [0.5, 0.6) is 5.75 Å². The third-order valence-corrected chi connectivity index (χ3v) is 5.44. The van der Waals surface area contributed by atoms with Crippen molar-refractivity contribution in [3.8, 4) is 5.75 Å². The van der Waals surface area contributed by atoms with E-state index in [2.05, 4.69) is 0 Å². The molecule has 110 valence electrons. The minimum Gasteiger partial charge on any atom is -0.490 e. The van der Waals surface area contributed by atoms with E-state index < -0.39 is 0 Å². The lowest BCUT2D eigenvalue weighted by Gasteiger charge is -2.43. The maximum atomic E-state index is 6.09. The van der Waals surface area contributed by atoms with Crippen LogP contribution in [0.2, 0.25) is 5.02 Å². The summed E-state index contributed by atoms with van der Waals surface area (Å²) in [5.74, 6) is 3.19. The van der Waals surface area contributed by atoms with Gasteiger partial charge in [-0.3, -0.25) is 0 Å². The number of thioether (sulfide) groups is 1. The SMILES string of the molecule is Nc1ccc(OC2CCOC3(CCSCC3)C2)cc1Cl. The Hall–Kier alpha value is -0.580. The summed E-state index contributed by atoms with van der Waals surface area (Å²) >= 11 is 8.06. The van der Waals surface area contributed by atoms with Gasteiger partial charge in [-0.25, -0.2) is 0 Å². The van der Waals surface area contributed by atoms with Crippen LogP contribution in [-0.2, 0) is 4.74 Å². The fraction of sp³-hybridized carbons (Fsp3) is 0.600. The highest BCUT2D eigenvalue weighted by atomic mass is 35.5. The van der Waals surface area contributed by atoms with Crippen molar-refractivity contribution in [2.45, 2.75) is 37.4 Å². The molecular weight excluding hydrogens is 294 g/mol. The zero-order valence-corrected chi connectivity index (χ0v) is 13.0. The number of hydrogen-bond donors (Lipinski definition) is 1. The van der Waals surface area contributed by atoms with E-state index in [-0.39, 0.29) is 11.7 Å². The molecule has 0 amide bonds. The average Bonchev–Trinajstić information content (AvgIpc) is 2.44. The van der Waals surface area contributed by atoms with Crippen LogP contribution in [0.4, 0.5) is 5.69 Å². The summed E-state index contributed by atoms with van der Waals surface area (Å²) in [6, 6.07) is 5.49. The molecular formula is C15H20ClNO2S. The lowest BCUT2D eigenvalue weighted by Crippen LogP contribution is -2.46. The van der Waals surface area contributed by atoms with Crippen molar-refractivity contribution >= 4 is 29.1 Å². The molecule has 1 aromatic carbocycles. The molecule has 2 fully saturated rings. The second-order valence-electron chi connectivity index (χ2n) is 5.56. The van der Waals surface area contributed by atoms with Gasteiger partial charge >= 0.3 is 0 Å². The van der Waals surface area contributed by atoms with Crippen molar-refractivity contribution in [2.75, 3.05) is 23.8 Å². The predicted molar refractivity (Wildman–Crippen MR) is 84.8 cm³/mol. The van der Waals surface area contributed by atoms with Gasteiger partial charge in [0, 0.05) is 18.9 Å². The monoisotopic (exact) mass is 313 g/mol. The van der Waals surface area contributed by atoms with Crippen molar-refractivity contribution in [1.29, 1.82) is 0 Å². The average molecular weight is 314 g/mol. The molecule has 2 aliphatic rings. The summed E-state index contributed by atoms with van der Waals surface area (Å²) in [4.78, 5) is 0. The summed E-state index contributed by atoms with van der Waals surface area (Å²) in [7, 11) is 0. The summed E-state index contributed by atoms with van der Waals surface area (Å²) in [6.07, 6.45) is 4.42.